The van der Waals surface area contributed by atoms with Gasteiger partial charge in [0.25, 0.3) is 0 Å². The van der Waals surface area contributed by atoms with Crippen LogP contribution in [-0.2, 0) is 0 Å². The Morgan fingerprint density at radius 2 is 2.31 bits per heavy atom. The van der Waals surface area contributed by atoms with Gasteiger partial charge in [0.1, 0.15) is 0 Å². The van der Waals surface area contributed by atoms with Crippen molar-refractivity contribution in [3.8, 4) is 0 Å². The highest BCUT2D eigenvalue weighted by Gasteiger charge is 2.14. The molecule has 0 unspecified atom stereocenters. The second-order valence-corrected chi connectivity index (χ2v) is 3.75. The van der Waals surface area contributed by atoms with Crippen molar-refractivity contribution in [1.82, 2.24) is 0 Å². The number of hydrogen-bond acceptors (Lipinski definition) is 3. The molecule has 0 bridgehead atoms. The summed E-state index contributed by atoms with van der Waals surface area (Å²) in [5, 5.41) is 11.6. The van der Waals surface area contributed by atoms with Gasteiger partial charge in [0.2, 0.25) is 11.6 Å². The van der Waals surface area contributed by atoms with E-state index in [-0.39, 0.29) is 11.8 Å². The van der Waals surface area contributed by atoms with E-state index < -0.39 is 5.97 Å². The van der Waals surface area contributed by atoms with E-state index in [0.717, 1.165) is 0 Å². The van der Waals surface area contributed by atoms with Crippen LogP contribution in [-0.4, -0.2) is 17.1 Å². The highest BCUT2D eigenvalue weighted by molar-refractivity contribution is 9.10. The van der Waals surface area contributed by atoms with Gasteiger partial charge in [0, 0.05) is 12.1 Å². The van der Waals surface area contributed by atoms with Gasteiger partial charge in [-0.15, -0.1) is 0 Å². The van der Waals surface area contributed by atoms with Crippen molar-refractivity contribution in [3.63, 3.8) is 0 Å². The maximum Gasteiger partial charge on any atom is 0.371 e. The van der Waals surface area contributed by atoms with Gasteiger partial charge in [-0.3, -0.25) is 0 Å². The second-order valence-electron chi connectivity index (χ2n) is 2.89. The van der Waals surface area contributed by atoms with E-state index >= 15 is 0 Å². The lowest BCUT2D eigenvalue weighted by molar-refractivity contribution is 0.0663. The van der Waals surface area contributed by atoms with Crippen molar-refractivity contribution in [3.05, 3.63) is 16.3 Å². The van der Waals surface area contributed by atoms with Crippen LogP contribution in [0.4, 0.5) is 5.88 Å². The molecule has 72 valence electrons. The minimum Gasteiger partial charge on any atom is -0.475 e. The first-order valence-electron chi connectivity index (χ1n) is 3.80. The summed E-state index contributed by atoms with van der Waals surface area (Å²) in [5.41, 5.74) is 0. The SMILES string of the molecule is CC(C)Nc1oc(C(=O)O)cc1Br. The van der Waals surface area contributed by atoms with E-state index in [0.29, 0.717) is 10.4 Å². The molecule has 0 radical (unpaired) electrons. The summed E-state index contributed by atoms with van der Waals surface area (Å²) in [6, 6.07) is 1.62. The average molecular weight is 248 g/mol. The van der Waals surface area contributed by atoms with Gasteiger partial charge >= 0.3 is 5.97 Å². The summed E-state index contributed by atoms with van der Waals surface area (Å²) >= 11 is 3.19. The Morgan fingerprint density at radius 1 is 1.69 bits per heavy atom. The van der Waals surface area contributed by atoms with Crippen LogP contribution in [0.2, 0.25) is 0 Å². The van der Waals surface area contributed by atoms with E-state index in [1.54, 1.807) is 0 Å². The number of nitrogens with one attached hydrogen (secondary N) is 1. The molecule has 13 heavy (non-hydrogen) atoms. The van der Waals surface area contributed by atoms with E-state index in [1.165, 1.54) is 6.07 Å². The van der Waals surface area contributed by atoms with Crippen LogP contribution in [0.1, 0.15) is 24.4 Å². The lowest BCUT2D eigenvalue weighted by atomic mass is 10.4. The predicted molar refractivity (Wildman–Crippen MR) is 52.1 cm³/mol. The molecule has 1 heterocycles. The molecule has 0 amide bonds. The molecule has 0 spiro atoms. The zero-order valence-electron chi connectivity index (χ0n) is 7.30. The summed E-state index contributed by atoms with van der Waals surface area (Å²) in [5.74, 6) is -0.695. The highest BCUT2D eigenvalue weighted by Crippen LogP contribution is 2.27. The van der Waals surface area contributed by atoms with Crippen LogP contribution < -0.4 is 5.32 Å². The zero-order chi connectivity index (χ0) is 10.0. The molecule has 0 aliphatic heterocycles. The number of hydrogen-bond donors (Lipinski definition) is 2. The monoisotopic (exact) mass is 247 g/mol. The van der Waals surface area contributed by atoms with Crippen molar-refractivity contribution in [2.75, 3.05) is 5.32 Å². The maximum absolute atomic E-state index is 10.5. The quantitative estimate of drug-likeness (QED) is 0.862. The van der Waals surface area contributed by atoms with Gasteiger partial charge in [-0.25, -0.2) is 4.79 Å². The van der Waals surface area contributed by atoms with Crippen molar-refractivity contribution >= 4 is 27.8 Å². The Labute approximate surface area is 84.1 Å². The minimum absolute atomic E-state index is 0.0741. The summed E-state index contributed by atoms with van der Waals surface area (Å²) in [6.45, 7) is 3.88. The van der Waals surface area contributed by atoms with Gasteiger partial charge in [0.15, 0.2) is 0 Å². The fourth-order valence-corrected chi connectivity index (χ4v) is 1.24. The van der Waals surface area contributed by atoms with Crippen molar-refractivity contribution < 1.29 is 14.3 Å². The molecule has 1 aromatic rings. The number of furan rings is 1. The van der Waals surface area contributed by atoms with Crippen LogP contribution >= 0.6 is 15.9 Å². The normalized spacial score (nSPS) is 10.5. The minimum atomic E-state index is -1.07. The molecule has 4 nitrogen and oxygen atoms in total. The third kappa shape index (κ3) is 2.48. The second kappa shape index (κ2) is 3.83. The molecule has 0 aliphatic carbocycles. The van der Waals surface area contributed by atoms with Crippen LogP contribution in [0.3, 0.4) is 0 Å². The molecule has 5 heteroatoms. The first-order valence-corrected chi connectivity index (χ1v) is 4.59. The van der Waals surface area contributed by atoms with Gasteiger partial charge < -0.3 is 14.8 Å². The smallest absolute Gasteiger partial charge is 0.371 e. The molecule has 0 saturated carbocycles. The molecule has 0 atom stereocenters. The van der Waals surface area contributed by atoms with Gasteiger partial charge in [-0.2, -0.15) is 0 Å². The summed E-state index contributed by atoms with van der Waals surface area (Å²) in [4.78, 5) is 10.5. The standard InChI is InChI=1S/C8H10BrNO3/c1-4(2)10-7-5(9)3-6(13-7)8(11)12/h3-4,10H,1-2H3,(H,11,12). The first-order chi connectivity index (χ1) is 6.00. The average Bonchev–Trinajstić information content (AvgIpc) is 2.31. The van der Waals surface area contributed by atoms with Crippen molar-refractivity contribution in [2.24, 2.45) is 0 Å². The lowest BCUT2D eigenvalue weighted by Crippen LogP contribution is -2.09. The van der Waals surface area contributed by atoms with Crippen LogP contribution in [0.5, 0.6) is 0 Å². The third-order valence-corrected chi connectivity index (χ3v) is 1.91. The lowest BCUT2D eigenvalue weighted by Gasteiger charge is -2.05. The number of carboxylic acids is 1. The fraction of sp³-hybridized carbons (Fsp3) is 0.375. The van der Waals surface area contributed by atoms with E-state index in [2.05, 4.69) is 21.2 Å². The van der Waals surface area contributed by atoms with Crippen LogP contribution in [0, 0.1) is 0 Å². The maximum atomic E-state index is 10.5. The number of aromatic carboxylic acids is 1. The third-order valence-electron chi connectivity index (χ3n) is 1.32. The molecule has 0 aliphatic rings. The zero-order valence-corrected chi connectivity index (χ0v) is 8.88. The number of anilines is 1. The number of halogens is 1. The number of carboxylic acid groups (broad SMARTS) is 1. The van der Waals surface area contributed by atoms with Crippen molar-refractivity contribution in [1.29, 1.82) is 0 Å². The van der Waals surface area contributed by atoms with E-state index in [9.17, 15) is 4.79 Å². The van der Waals surface area contributed by atoms with E-state index in [1.807, 2.05) is 13.8 Å². The number of rotatable bonds is 3. The summed E-state index contributed by atoms with van der Waals surface area (Å²) in [7, 11) is 0. The van der Waals surface area contributed by atoms with Crippen molar-refractivity contribution in [2.45, 2.75) is 19.9 Å². The molecular weight excluding hydrogens is 238 g/mol. The molecule has 1 aromatic heterocycles. The fourth-order valence-electron chi connectivity index (χ4n) is 0.835. The van der Waals surface area contributed by atoms with E-state index in [4.69, 9.17) is 9.52 Å². The van der Waals surface area contributed by atoms with Gasteiger partial charge in [-0.1, -0.05) is 0 Å². The molecular formula is C8H10BrNO3. The predicted octanol–water partition coefficient (Wildman–Crippen LogP) is 2.56. The first kappa shape index (κ1) is 10.1. The number of carbonyl (C=O) groups is 1. The molecule has 0 aromatic carbocycles. The summed E-state index contributed by atoms with van der Waals surface area (Å²) < 4.78 is 5.65. The largest absolute Gasteiger partial charge is 0.475 e. The van der Waals surface area contributed by atoms with Crippen LogP contribution in [0.25, 0.3) is 0 Å². The highest BCUT2D eigenvalue weighted by atomic mass is 79.9. The molecule has 0 saturated heterocycles. The summed E-state index contributed by atoms with van der Waals surface area (Å²) in [6.07, 6.45) is 0. The Kier molecular flexibility index (Phi) is 2.98. The molecule has 0 fully saturated rings. The van der Waals surface area contributed by atoms with Gasteiger partial charge in [-0.05, 0) is 29.8 Å². The van der Waals surface area contributed by atoms with Crippen LogP contribution in [0.15, 0.2) is 15.0 Å². The topological polar surface area (TPSA) is 62.5 Å². The molecule has 1 rings (SSSR count). The Bertz CT molecular complexity index is 319. The Balaban J connectivity index is 2.90. The Morgan fingerprint density at radius 3 is 2.69 bits per heavy atom. The van der Waals surface area contributed by atoms with Gasteiger partial charge in [0.05, 0.1) is 4.47 Å². The molecule has 2 N–H and O–H groups in total. The Hall–Kier alpha value is -0.970.